The maximum atomic E-state index is 12.3. The van der Waals surface area contributed by atoms with Crippen LogP contribution in [0.3, 0.4) is 0 Å². The number of hydrogen-bond donors (Lipinski definition) is 2. The Morgan fingerprint density at radius 2 is 2.00 bits per heavy atom. The van der Waals surface area contributed by atoms with E-state index < -0.39 is 10.0 Å². The summed E-state index contributed by atoms with van der Waals surface area (Å²) < 4.78 is 27.0. The number of anilines is 1. The average Bonchev–Trinajstić information content (AvgIpc) is 2.39. The summed E-state index contributed by atoms with van der Waals surface area (Å²) >= 11 is 0. The van der Waals surface area contributed by atoms with Crippen LogP contribution in [0, 0.1) is 13.8 Å². The van der Waals surface area contributed by atoms with E-state index in [9.17, 15) is 8.42 Å². The fourth-order valence-corrected chi connectivity index (χ4v) is 3.03. The highest BCUT2D eigenvalue weighted by molar-refractivity contribution is 7.89. The molecule has 0 spiro atoms. The highest BCUT2D eigenvalue weighted by atomic mass is 32.2. The van der Waals surface area contributed by atoms with Gasteiger partial charge in [0.25, 0.3) is 0 Å². The SMILES string of the molecule is Cc1nccc(CNS(=O)(=O)c2cc(N)ccc2C)n1. The molecule has 20 heavy (non-hydrogen) atoms. The Morgan fingerprint density at radius 1 is 1.25 bits per heavy atom. The summed E-state index contributed by atoms with van der Waals surface area (Å²) in [6, 6.07) is 6.46. The minimum absolute atomic E-state index is 0.111. The smallest absolute Gasteiger partial charge is 0.241 e. The van der Waals surface area contributed by atoms with Gasteiger partial charge in [-0.15, -0.1) is 0 Å². The van der Waals surface area contributed by atoms with Gasteiger partial charge in [0.15, 0.2) is 0 Å². The summed E-state index contributed by atoms with van der Waals surface area (Å²) in [5.74, 6) is 0.599. The minimum atomic E-state index is -3.61. The van der Waals surface area contributed by atoms with Crippen molar-refractivity contribution in [3.8, 4) is 0 Å². The molecule has 6 nitrogen and oxygen atoms in total. The van der Waals surface area contributed by atoms with E-state index >= 15 is 0 Å². The van der Waals surface area contributed by atoms with E-state index in [0.717, 1.165) is 0 Å². The van der Waals surface area contributed by atoms with Gasteiger partial charge < -0.3 is 5.73 Å². The van der Waals surface area contributed by atoms with Crippen LogP contribution in [-0.2, 0) is 16.6 Å². The molecule has 1 aromatic carbocycles. The molecule has 1 aromatic heterocycles. The third kappa shape index (κ3) is 3.31. The number of nitrogen functional groups attached to an aromatic ring is 1. The van der Waals surface area contributed by atoms with E-state index in [-0.39, 0.29) is 11.4 Å². The first kappa shape index (κ1) is 14.4. The highest BCUT2D eigenvalue weighted by Crippen LogP contribution is 2.18. The third-order valence-electron chi connectivity index (χ3n) is 2.78. The van der Waals surface area contributed by atoms with Crippen molar-refractivity contribution in [3.63, 3.8) is 0 Å². The molecule has 0 aliphatic rings. The first-order valence-corrected chi connectivity index (χ1v) is 7.51. The second-order valence-corrected chi connectivity index (χ2v) is 6.18. The Bertz CT molecular complexity index is 729. The van der Waals surface area contributed by atoms with E-state index in [4.69, 9.17) is 5.73 Å². The quantitative estimate of drug-likeness (QED) is 0.824. The molecule has 0 saturated carbocycles. The Morgan fingerprint density at radius 3 is 2.70 bits per heavy atom. The predicted molar refractivity (Wildman–Crippen MR) is 76.4 cm³/mol. The van der Waals surface area contributed by atoms with Crippen molar-refractivity contribution in [2.75, 3.05) is 5.73 Å². The van der Waals surface area contributed by atoms with E-state index in [1.807, 2.05) is 0 Å². The van der Waals surface area contributed by atoms with Crippen LogP contribution in [0.25, 0.3) is 0 Å². The minimum Gasteiger partial charge on any atom is -0.399 e. The molecule has 0 saturated heterocycles. The van der Waals surface area contributed by atoms with E-state index in [2.05, 4.69) is 14.7 Å². The molecule has 0 radical (unpaired) electrons. The molecule has 0 unspecified atom stereocenters. The predicted octanol–water partition coefficient (Wildman–Crippen LogP) is 1.15. The van der Waals surface area contributed by atoms with Crippen molar-refractivity contribution in [1.82, 2.24) is 14.7 Å². The Labute approximate surface area is 118 Å². The molecule has 2 rings (SSSR count). The number of nitrogens with two attached hydrogens (primary N) is 1. The monoisotopic (exact) mass is 292 g/mol. The molecule has 0 fully saturated rings. The van der Waals surface area contributed by atoms with E-state index in [1.165, 1.54) is 6.07 Å². The van der Waals surface area contributed by atoms with Gasteiger partial charge in [0.05, 0.1) is 17.1 Å². The normalized spacial score (nSPS) is 11.5. The van der Waals surface area contributed by atoms with Crippen LogP contribution in [0.1, 0.15) is 17.1 Å². The summed E-state index contributed by atoms with van der Waals surface area (Å²) in [6.07, 6.45) is 1.59. The van der Waals surface area contributed by atoms with Crippen LogP contribution in [0.15, 0.2) is 35.4 Å². The lowest BCUT2D eigenvalue weighted by Gasteiger charge is -2.10. The summed E-state index contributed by atoms with van der Waals surface area (Å²) in [4.78, 5) is 8.29. The molecule has 0 aliphatic heterocycles. The van der Waals surface area contributed by atoms with E-state index in [1.54, 1.807) is 38.2 Å². The van der Waals surface area contributed by atoms with Crippen molar-refractivity contribution < 1.29 is 8.42 Å². The lowest BCUT2D eigenvalue weighted by Crippen LogP contribution is -2.24. The molecular weight excluding hydrogens is 276 g/mol. The molecular formula is C13H16N4O2S. The first-order valence-electron chi connectivity index (χ1n) is 6.03. The largest absolute Gasteiger partial charge is 0.399 e. The van der Waals surface area contributed by atoms with Crippen LogP contribution in [0.5, 0.6) is 0 Å². The Hall–Kier alpha value is -1.99. The second-order valence-electron chi connectivity index (χ2n) is 4.44. The van der Waals surface area contributed by atoms with E-state index in [0.29, 0.717) is 22.8 Å². The van der Waals surface area contributed by atoms with Gasteiger partial charge in [0.2, 0.25) is 10.0 Å². The summed E-state index contributed by atoms with van der Waals surface area (Å²) in [6.45, 7) is 3.59. The molecule has 1 heterocycles. The summed E-state index contributed by atoms with van der Waals surface area (Å²) in [5.41, 5.74) is 7.31. The van der Waals surface area contributed by atoms with Gasteiger partial charge >= 0.3 is 0 Å². The Kier molecular flexibility index (Phi) is 4.01. The molecule has 0 amide bonds. The lowest BCUT2D eigenvalue weighted by atomic mass is 10.2. The van der Waals surface area contributed by atoms with Gasteiger partial charge in [0, 0.05) is 11.9 Å². The lowest BCUT2D eigenvalue weighted by molar-refractivity contribution is 0.579. The van der Waals surface area contributed by atoms with Crippen LogP contribution in [0.4, 0.5) is 5.69 Å². The molecule has 0 aliphatic carbocycles. The molecule has 3 N–H and O–H groups in total. The molecule has 106 valence electrons. The fraction of sp³-hybridized carbons (Fsp3) is 0.231. The van der Waals surface area contributed by atoms with Gasteiger partial charge in [-0.2, -0.15) is 0 Å². The summed E-state index contributed by atoms with van der Waals surface area (Å²) in [5, 5.41) is 0. The van der Waals surface area contributed by atoms with Crippen LogP contribution < -0.4 is 10.5 Å². The molecule has 0 bridgehead atoms. The summed E-state index contributed by atoms with van der Waals surface area (Å²) in [7, 11) is -3.61. The maximum Gasteiger partial charge on any atom is 0.241 e. The number of nitrogens with one attached hydrogen (secondary N) is 1. The second kappa shape index (κ2) is 5.56. The van der Waals surface area contributed by atoms with Gasteiger partial charge in [-0.05, 0) is 37.6 Å². The molecule has 0 atom stereocenters. The number of hydrogen-bond acceptors (Lipinski definition) is 5. The number of aryl methyl sites for hydroxylation is 2. The molecule has 7 heteroatoms. The highest BCUT2D eigenvalue weighted by Gasteiger charge is 2.17. The number of benzene rings is 1. The first-order chi connectivity index (χ1) is 9.38. The van der Waals surface area contributed by atoms with Crippen molar-refractivity contribution in [2.45, 2.75) is 25.3 Å². The number of aromatic nitrogens is 2. The van der Waals surface area contributed by atoms with Crippen LogP contribution in [0.2, 0.25) is 0 Å². The van der Waals surface area contributed by atoms with Crippen LogP contribution >= 0.6 is 0 Å². The van der Waals surface area contributed by atoms with Crippen molar-refractivity contribution in [2.24, 2.45) is 0 Å². The zero-order valence-corrected chi connectivity index (χ0v) is 12.1. The zero-order chi connectivity index (χ0) is 14.8. The number of sulfonamides is 1. The standard InChI is InChI=1S/C13H16N4O2S/c1-9-3-4-11(14)7-13(9)20(18,19)16-8-12-5-6-15-10(2)17-12/h3-7,16H,8,14H2,1-2H3. The van der Waals surface area contributed by atoms with Crippen molar-refractivity contribution in [1.29, 1.82) is 0 Å². The molecule has 2 aromatic rings. The fourth-order valence-electron chi connectivity index (χ4n) is 1.76. The van der Waals surface area contributed by atoms with Gasteiger partial charge in [-0.25, -0.2) is 23.1 Å². The maximum absolute atomic E-state index is 12.3. The topological polar surface area (TPSA) is 98.0 Å². The van der Waals surface area contributed by atoms with Crippen molar-refractivity contribution >= 4 is 15.7 Å². The van der Waals surface area contributed by atoms with Gasteiger partial charge in [-0.1, -0.05) is 6.07 Å². The zero-order valence-electron chi connectivity index (χ0n) is 11.3. The van der Waals surface area contributed by atoms with Crippen molar-refractivity contribution in [3.05, 3.63) is 47.5 Å². The number of nitrogens with zero attached hydrogens (tertiary/aromatic N) is 2. The van der Waals surface area contributed by atoms with Gasteiger partial charge in [0.1, 0.15) is 5.82 Å². The van der Waals surface area contributed by atoms with Gasteiger partial charge in [-0.3, -0.25) is 0 Å². The number of rotatable bonds is 4. The van der Waals surface area contributed by atoms with Crippen LogP contribution in [-0.4, -0.2) is 18.4 Å². The average molecular weight is 292 g/mol. The Balaban J connectivity index is 2.21. The third-order valence-corrected chi connectivity index (χ3v) is 4.32.